The van der Waals surface area contributed by atoms with Crippen molar-refractivity contribution in [2.75, 3.05) is 13.1 Å². The molecule has 0 aromatic rings. The Bertz CT molecular complexity index is 229. The van der Waals surface area contributed by atoms with Crippen LogP contribution in [-0.4, -0.2) is 27.5 Å². The molecule has 0 aromatic heterocycles. The fourth-order valence-corrected chi connectivity index (χ4v) is 1.83. The smallest absolute Gasteiger partial charge is 0.276 e. The van der Waals surface area contributed by atoms with E-state index in [2.05, 4.69) is 9.44 Å². The lowest BCUT2D eigenvalue weighted by molar-refractivity contribution is 0.547. The van der Waals surface area contributed by atoms with Crippen molar-refractivity contribution in [2.45, 2.75) is 39.2 Å². The molecule has 0 amide bonds. The van der Waals surface area contributed by atoms with E-state index in [-0.39, 0.29) is 6.04 Å². The molecule has 0 heterocycles. The Morgan fingerprint density at radius 2 is 1.79 bits per heavy atom. The van der Waals surface area contributed by atoms with Crippen LogP contribution in [0.5, 0.6) is 0 Å². The second-order valence-electron chi connectivity index (χ2n) is 3.25. The first-order chi connectivity index (χ1) is 6.52. The summed E-state index contributed by atoms with van der Waals surface area (Å²) in [5, 5.41) is 0. The molecule has 0 spiro atoms. The van der Waals surface area contributed by atoms with Crippen molar-refractivity contribution in [2.24, 2.45) is 5.73 Å². The summed E-state index contributed by atoms with van der Waals surface area (Å²) in [6.07, 6.45) is 2.32. The normalized spacial score (nSPS) is 14.2. The molecule has 0 saturated carbocycles. The Kier molecular flexibility index (Phi) is 7.08. The molecule has 0 radical (unpaired) electrons. The first-order valence-electron chi connectivity index (χ1n) is 5.01. The van der Waals surface area contributed by atoms with Crippen LogP contribution in [0, 0.1) is 0 Å². The van der Waals surface area contributed by atoms with E-state index in [1.165, 1.54) is 0 Å². The number of rotatable bonds is 8. The van der Waals surface area contributed by atoms with Gasteiger partial charge in [-0.1, -0.05) is 13.8 Å². The van der Waals surface area contributed by atoms with Gasteiger partial charge in [-0.2, -0.15) is 8.42 Å². The van der Waals surface area contributed by atoms with E-state index >= 15 is 0 Å². The molecule has 86 valence electrons. The lowest BCUT2D eigenvalue weighted by Gasteiger charge is -2.10. The minimum absolute atomic E-state index is 0.0730. The largest absolute Gasteiger partial charge is 0.328 e. The van der Waals surface area contributed by atoms with Crippen molar-refractivity contribution < 1.29 is 8.42 Å². The van der Waals surface area contributed by atoms with Gasteiger partial charge in [0.25, 0.3) is 10.2 Å². The third kappa shape index (κ3) is 7.25. The van der Waals surface area contributed by atoms with Gasteiger partial charge in [-0.3, -0.25) is 0 Å². The minimum Gasteiger partial charge on any atom is -0.328 e. The second kappa shape index (κ2) is 7.17. The quantitative estimate of drug-likeness (QED) is 0.539. The molecule has 6 heteroatoms. The van der Waals surface area contributed by atoms with Crippen LogP contribution in [0.1, 0.15) is 33.1 Å². The summed E-state index contributed by atoms with van der Waals surface area (Å²) in [5.41, 5.74) is 5.65. The van der Waals surface area contributed by atoms with Crippen molar-refractivity contribution in [1.29, 1.82) is 0 Å². The van der Waals surface area contributed by atoms with Gasteiger partial charge in [-0.15, -0.1) is 0 Å². The van der Waals surface area contributed by atoms with E-state index in [9.17, 15) is 8.42 Å². The van der Waals surface area contributed by atoms with Crippen LogP contribution in [0.25, 0.3) is 0 Å². The molecule has 0 rings (SSSR count). The monoisotopic (exact) mass is 223 g/mol. The summed E-state index contributed by atoms with van der Waals surface area (Å²) < 4.78 is 27.3. The predicted octanol–water partition coefficient (Wildman–Crippen LogP) is -0.0522. The van der Waals surface area contributed by atoms with Gasteiger partial charge < -0.3 is 5.73 Å². The van der Waals surface area contributed by atoms with Crippen molar-refractivity contribution >= 4 is 10.2 Å². The van der Waals surface area contributed by atoms with Gasteiger partial charge in [-0.25, -0.2) is 9.44 Å². The third-order valence-corrected chi connectivity index (χ3v) is 3.04. The lowest BCUT2D eigenvalue weighted by Crippen LogP contribution is -2.38. The summed E-state index contributed by atoms with van der Waals surface area (Å²) in [7, 11) is -3.30. The van der Waals surface area contributed by atoms with Crippen LogP contribution in [-0.2, 0) is 10.2 Å². The third-order valence-electron chi connectivity index (χ3n) is 1.87. The molecule has 0 aromatic carbocycles. The van der Waals surface area contributed by atoms with Gasteiger partial charge in [0.2, 0.25) is 0 Å². The van der Waals surface area contributed by atoms with Crippen molar-refractivity contribution in [1.82, 2.24) is 9.44 Å². The summed E-state index contributed by atoms with van der Waals surface area (Å²) in [4.78, 5) is 0. The molecule has 5 nitrogen and oxygen atoms in total. The molecule has 1 atom stereocenters. The standard InChI is InChI=1S/C8H21N3O2S/c1-3-6-10-14(12,13)11-7-5-8(9)4-2/h8,10-11H,3-7,9H2,1-2H3. The molecule has 0 aliphatic heterocycles. The zero-order valence-electron chi connectivity index (χ0n) is 8.91. The van der Waals surface area contributed by atoms with E-state index in [0.29, 0.717) is 19.5 Å². The van der Waals surface area contributed by atoms with Gasteiger partial charge in [-0.05, 0) is 19.3 Å². The maximum Gasteiger partial charge on any atom is 0.276 e. The van der Waals surface area contributed by atoms with Gasteiger partial charge in [0, 0.05) is 19.1 Å². The number of hydrogen-bond acceptors (Lipinski definition) is 3. The number of nitrogens with one attached hydrogen (secondary N) is 2. The Hall–Kier alpha value is -0.170. The summed E-state index contributed by atoms with van der Waals surface area (Å²) >= 11 is 0. The van der Waals surface area contributed by atoms with E-state index in [0.717, 1.165) is 12.8 Å². The Morgan fingerprint density at radius 1 is 1.21 bits per heavy atom. The average molecular weight is 223 g/mol. The Morgan fingerprint density at radius 3 is 2.29 bits per heavy atom. The van der Waals surface area contributed by atoms with Gasteiger partial charge in [0.15, 0.2) is 0 Å². The van der Waals surface area contributed by atoms with Crippen LogP contribution in [0.3, 0.4) is 0 Å². The SMILES string of the molecule is CCCNS(=O)(=O)NCCC(N)CC. The van der Waals surface area contributed by atoms with E-state index in [1.807, 2.05) is 13.8 Å². The van der Waals surface area contributed by atoms with Gasteiger partial charge in [0.1, 0.15) is 0 Å². The molecule has 4 N–H and O–H groups in total. The van der Waals surface area contributed by atoms with Gasteiger partial charge >= 0.3 is 0 Å². The van der Waals surface area contributed by atoms with Crippen molar-refractivity contribution in [3.8, 4) is 0 Å². The molecule has 0 bridgehead atoms. The first-order valence-corrected chi connectivity index (χ1v) is 6.50. The first kappa shape index (κ1) is 13.8. The Labute approximate surface area is 86.6 Å². The fourth-order valence-electron chi connectivity index (χ4n) is 0.870. The highest BCUT2D eigenvalue weighted by atomic mass is 32.2. The van der Waals surface area contributed by atoms with Crippen LogP contribution in [0.4, 0.5) is 0 Å². The molecule has 0 aliphatic rings. The number of hydrogen-bond donors (Lipinski definition) is 3. The van der Waals surface area contributed by atoms with Crippen molar-refractivity contribution in [3.63, 3.8) is 0 Å². The zero-order chi connectivity index (χ0) is 11.0. The van der Waals surface area contributed by atoms with Crippen LogP contribution in [0.15, 0.2) is 0 Å². The van der Waals surface area contributed by atoms with Crippen LogP contribution >= 0.6 is 0 Å². The number of nitrogens with two attached hydrogens (primary N) is 1. The molecular formula is C8H21N3O2S. The zero-order valence-corrected chi connectivity index (χ0v) is 9.73. The highest BCUT2D eigenvalue weighted by molar-refractivity contribution is 7.87. The van der Waals surface area contributed by atoms with Gasteiger partial charge in [0.05, 0.1) is 0 Å². The van der Waals surface area contributed by atoms with E-state index in [1.54, 1.807) is 0 Å². The van der Waals surface area contributed by atoms with Crippen molar-refractivity contribution in [3.05, 3.63) is 0 Å². The summed E-state index contributed by atoms with van der Waals surface area (Å²) in [5.74, 6) is 0. The predicted molar refractivity (Wildman–Crippen MR) is 58.1 cm³/mol. The molecule has 1 unspecified atom stereocenters. The molecular weight excluding hydrogens is 202 g/mol. The molecule has 0 saturated heterocycles. The summed E-state index contributed by atoms with van der Waals surface area (Å²) in [6, 6.07) is 0.0730. The lowest BCUT2D eigenvalue weighted by atomic mass is 10.2. The second-order valence-corrected chi connectivity index (χ2v) is 4.83. The van der Waals surface area contributed by atoms with E-state index in [4.69, 9.17) is 5.73 Å². The van der Waals surface area contributed by atoms with Crippen LogP contribution in [0.2, 0.25) is 0 Å². The average Bonchev–Trinajstić information content (AvgIpc) is 2.14. The van der Waals surface area contributed by atoms with E-state index < -0.39 is 10.2 Å². The maximum absolute atomic E-state index is 11.2. The summed E-state index contributed by atoms with van der Waals surface area (Å²) in [6.45, 7) is 4.76. The topological polar surface area (TPSA) is 84.2 Å². The Balaban J connectivity index is 3.66. The fraction of sp³-hybridized carbons (Fsp3) is 1.00. The van der Waals surface area contributed by atoms with Crippen LogP contribution < -0.4 is 15.2 Å². The molecule has 14 heavy (non-hydrogen) atoms. The highest BCUT2D eigenvalue weighted by Gasteiger charge is 2.07. The molecule has 0 fully saturated rings. The molecule has 0 aliphatic carbocycles. The minimum atomic E-state index is -3.30. The highest BCUT2D eigenvalue weighted by Crippen LogP contribution is 1.91. The maximum atomic E-state index is 11.2.